The molecular weight excluding hydrogens is 294 g/mol. The molecule has 6 heteroatoms. The Balaban J connectivity index is 2.84. The number of hydrogen-bond donors (Lipinski definition) is 2. The molecule has 0 aliphatic heterocycles. The average Bonchev–Trinajstić information content (AvgIpc) is 2.28. The molecule has 0 saturated carbocycles. The molecule has 1 rings (SSSR count). The lowest BCUT2D eigenvalue weighted by Crippen LogP contribution is -2.42. The summed E-state index contributed by atoms with van der Waals surface area (Å²) in [6.45, 7) is 6.85. The lowest BCUT2D eigenvalue weighted by molar-refractivity contribution is -0.139. The van der Waals surface area contributed by atoms with Gasteiger partial charge in [-0.05, 0) is 45.4 Å². The molecule has 0 aliphatic carbocycles. The number of carboxylic acid groups (broad SMARTS) is 1. The molecule has 0 bridgehead atoms. The molecule has 1 aromatic carbocycles. The van der Waals surface area contributed by atoms with Gasteiger partial charge < -0.3 is 15.2 Å². The van der Waals surface area contributed by atoms with Gasteiger partial charge in [-0.15, -0.1) is 0 Å². The first-order valence-corrected chi connectivity index (χ1v) is 6.96. The first-order valence-electron chi connectivity index (χ1n) is 6.58. The third-order valence-corrected chi connectivity index (χ3v) is 2.99. The molecule has 0 aliphatic rings. The van der Waals surface area contributed by atoms with E-state index in [1.54, 1.807) is 52.0 Å². The minimum Gasteiger partial charge on any atom is -0.481 e. The summed E-state index contributed by atoms with van der Waals surface area (Å²) >= 11 is 5.80. The van der Waals surface area contributed by atoms with E-state index in [9.17, 15) is 14.7 Å². The van der Waals surface area contributed by atoms with E-state index in [0.717, 1.165) is 0 Å². The summed E-state index contributed by atoms with van der Waals surface area (Å²) in [5, 5.41) is 12.5. The van der Waals surface area contributed by atoms with Gasteiger partial charge in [0, 0.05) is 11.1 Å². The largest absolute Gasteiger partial charge is 0.481 e. The molecule has 0 saturated heterocycles. The van der Waals surface area contributed by atoms with Gasteiger partial charge in [-0.3, -0.25) is 4.79 Å². The summed E-state index contributed by atoms with van der Waals surface area (Å²) in [7, 11) is 0. The Morgan fingerprint density at radius 2 is 1.76 bits per heavy atom. The van der Waals surface area contributed by atoms with Crippen LogP contribution in [0.3, 0.4) is 0 Å². The van der Waals surface area contributed by atoms with Crippen molar-refractivity contribution < 1.29 is 19.4 Å². The van der Waals surface area contributed by atoms with Crippen molar-refractivity contribution in [2.24, 2.45) is 0 Å². The maximum atomic E-state index is 11.7. The molecule has 5 nitrogen and oxygen atoms in total. The van der Waals surface area contributed by atoms with Crippen LogP contribution in [-0.2, 0) is 9.53 Å². The van der Waals surface area contributed by atoms with Crippen LogP contribution in [0.5, 0.6) is 0 Å². The van der Waals surface area contributed by atoms with E-state index in [1.807, 2.05) is 0 Å². The highest BCUT2D eigenvalue weighted by Gasteiger charge is 2.29. The molecule has 21 heavy (non-hydrogen) atoms. The molecule has 0 spiro atoms. The number of nitrogens with one attached hydrogen (secondary N) is 1. The summed E-state index contributed by atoms with van der Waals surface area (Å²) < 4.78 is 5.13. The van der Waals surface area contributed by atoms with Crippen molar-refractivity contribution >= 4 is 23.7 Å². The zero-order valence-electron chi connectivity index (χ0n) is 12.5. The number of aliphatic carboxylic acids is 1. The first kappa shape index (κ1) is 17.3. The zero-order valence-corrected chi connectivity index (χ0v) is 13.3. The fourth-order valence-electron chi connectivity index (χ4n) is 1.89. The molecule has 0 aromatic heterocycles. The molecule has 0 radical (unpaired) electrons. The highest BCUT2D eigenvalue weighted by Crippen LogP contribution is 2.22. The highest BCUT2D eigenvalue weighted by molar-refractivity contribution is 6.30. The van der Waals surface area contributed by atoms with Crippen LogP contribution in [0.1, 0.15) is 39.2 Å². The standard InChI is InChI=1S/C15H20ClNO4/c1-9(17-14(20)21-15(2,3)4)12(13(18)19)10-5-7-11(16)8-6-10/h5-9,12H,1-4H3,(H,17,20)(H,18,19)/t9-,12?/m0/s1. The number of ether oxygens (including phenoxy) is 1. The molecule has 1 aromatic rings. The Hall–Kier alpha value is -1.75. The van der Waals surface area contributed by atoms with Crippen LogP contribution in [0.15, 0.2) is 24.3 Å². The first-order chi connectivity index (χ1) is 9.60. The van der Waals surface area contributed by atoms with Crippen LogP contribution in [-0.4, -0.2) is 28.8 Å². The maximum absolute atomic E-state index is 11.7. The van der Waals surface area contributed by atoms with Gasteiger partial charge in [0.15, 0.2) is 0 Å². The molecule has 116 valence electrons. The highest BCUT2D eigenvalue weighted by atomic mass is 35.5. The molecule has 0 fully saturated rings. The number of hydrogen-bond acceptors (Lipinski definition) is 3. The molecule has 2 N–H and O–H groups in total. The van der Waals surface area contributed by atoms with Crippen molar-refractivity contribution in [2.75, 3.05) is 0 Å². The number of benzene rings is 1. The lowest BCUT2D eigenvalue weighted by Gasteiger charge is -2.25. The summed E-state index contributed by atoms with van der Waals surface area (Å²) in [6, 6.07) is 5.88. The van der Waals surface area contributed by atoms with Gasteiger partial charge in [0.25, 0.3) is 0 Å². The molecule has 1 amide bonds. The number of halogens is 1. The van der Waals surface area contributed by atoms with Gasteiger partial charge in [-0.2, -0.15) is 0 Å². The van der Waals surface area contributed by atoms with Gasteiger partial charge in [-0.1, -0.05) is 23.7 Å². The average molecular weight is 314 g/mol. The van der Waals surface area contributed by atoms with Crippen LogP contribution in [0.2, 0.25) is 5.02 Å². The summed E-state index contributed by atoms with van der Waals surface area (Å²) in [5.41, 5.74) is -0.0709. The smallest absolute Gasteiger partial charge is 0.407 e. The normalized spacial score (nSPS) is 14.1. The predicted octanol–water partition coefficient (Wildman–Crippen LogP) is 3.42. The zero-order chi connectivity index (χ0) is 16.2. The van der Waals surface area contributed by atoms with Gasteiger partial charge >= 0.3 is 12.1 Å². The Labute approximate surface area is 129 Å². The van der Waals surface area contributed by atoms with E-state index < -0.39 is 29.6 Å². The molecular formula is C15H20ClNO4. The van der Waals surface area contributed by atoms with Crippen LogP contribution in [0, 0.1) is 0 Å². The second-order valence-electron chi connectivity index (χ2n) is 5.80. The van der Waals surface area contributed by atoms with E-state index >= 15 is 0 Å². The fraction of sp³-hybridized carbons (Fsp3) is 0.467. The number of amides is 1. The Bertz CT molecular complexity index is 507. The van der Waals surface area contributed by atoms with Crippen molar-refractivity contribution in [1.82, 2.24) is 5.32 Å². The van der Waals surface area contributed by atoms with E-state index in [4.69, 9.17) is 16.3 Å². The van der Waals surface area contributed by atoms with Gasteiger partial charge in [0.1, 0.15) is 11.5 Å². The van der Waals surface area contributed by atoms with Gasteiger partial charge in [0.05, 0.1) is 0 Å². The second kappa shape index (κ2) is 6.80. The quantitative estimate of drug-likeness (QED) is 0.893. The lowest BCUT2D eigenvalue weighted by atomic mass is 9.92. The van der Waals surface area contributed by atoms with Crippen LogP contribution in [0.4, 0.5) is 4.79 Å². The summed E-state index contributed by atoms with van der Waals surface area (Å²) in [4.78, 5) is 23.2. The Morgan fingerprint density at radius 3 is 2.19 bits per heavy atom. The summed E-state index contributed by atoms with van der Waals surface area (Å²) in [6.07, 6.45) is -0.643. The van der Waals surface area contributed by atoms with Crippen molar-refractivity contribution in [1.29, 1.82) is 0 Å². The predicted molar refractivity (Wildman–Crippen MR) is 80.7 cm³/mol. The minimum absolute atomic E-state index is 0.524. The van der Waals surface area contributed by atoms with E-state index in [0.29, 0.717) is 10.6 Å². The number of alkyl carbamates (subject to hydrolysis) is 1. The van der Waals surface area contributed by atoms with Gasteiger partial charge in [-0.25, -0.2) is 4.79 Å². The number of carbonyl (C=O) groups is 2. The van der Waals surface area contributed by atoms with Gasteiger partial charge in [0.2, 0.25) is 0 Å². The Morgan fingerprint density at radius 1 is 1.24 bits per heavy atom. The minimum atomic E-state index is -1.03. The van der Waals surface area contributed by atoms with E-state index in [1.165, 1.54) is 0 Å². The monoisotopic (exact) mass is 313 g/mol. The van der Waals surface area contributed by atoms with Crippen LogP contribution >= 0.6 is 11.6 Å². The molecule has 1 unspecified atom stereocenters. The number of carboxylic acids is 1. The summed E-state index contributed by atoms with van der Waals surface area (Å²) in [5.74, 6) is -1.91. The third-order valence-electron chi connectivity index (χ3n) is 2.74. The van der Waals surface area contributed by atoms with Crippen molar-refractivity contribution in [2.45, 2.75) is 45.3 Å². The Kier molecular flexibility index (Phi) is 5.61. The van der Waals surface area contributed by atoms with Crippen molar-refractivity contribution in [3.05, 3.63) is 34.9 Å². The maximum Gasteiger partial charge on any atom is 0.407 e. The molecule has 0 heterocycles. The van der Waals surface area contributed by atoms with Crippen molar-refractivity contribution in [3.63, 3.8) is 0 Å². The number of rotatable bonds is 4. The topological polar surface area (TPSA) is 75.6 Å². The fourth-order valence-corrected chi connectivity index (χ4v) is 2.02. The van der Waals surface area contributed by atoms with Crippen molar-refractivity contribution in [3.8, 4) is 0 Å². The third kappa shape index (κ3) is 5.63. The second-order valence-corrected chi connectivity index (χ2v) is 6.24. The van der Waals surface area contributed by atoms with Crippen LogP contribution < -0.4 is 5.32 Å². The van der Waals surface area contributed by atoms with E-state index in [-0.39, 0.29) is 0 Å². The van der Waals surface area contributed by atoms with E-state index in [2.05, 4.69) is 5.32 Å². The number of carbonyl (C=O) groups excluding carboxylic acids is 1. The SMILES string of the molecule is C[C@H](NC(=O)OC(C)(C)C)C(C(=O)O)c1ccc(Cl)cc1. The molecule has 2 atom stereocenters. The van der Waals surface area contributed by atoms with Crippen LogP contribution in [0.25, 0.3) is 0 Å².